The zero-order valence-corrected chi connectivity index (χ0v) is 13.6. The highest BCUT2D eigenvalue weighted by molar-refractivity contribution is 6.04. The number of aromatic amines is 1. The Morgan fingerprint density at radius 2 is 2.12 bits per heavy atom. The molecule has 4 aromatic rings. The normalized spacial score (nSPS) is 15.2. The molecule has 5 rings (SSSR count). The van der Waals surface area contributed by atoms with Crippen LogP contribution in [0.3, 0.4) is 0 Å². The molecular weight excluding hydrogens is 314 g/mol. The molecule has 2 N–H and O–H groups in total. The predicted octanol–water partition coefficient (Wildman–Crippen LogP) is 2.97. The van der Waals surface area contributed by atoms with Crippen LogP contribution in [0.15, 0.2) is 41.6 Å². The van der Waals surface area contributed by atoms with Crippen molar-refractivity contribution in [1.82, 2.24) is 25.1 Å². The molecule has 0 aliphatic heterocycles. The second-order valence-electron chi connectivity index (χ2n) is 6.19. The van der Waals surface area contributed by atoms with Gasteiger partial charge in [-0.05, 0) is 43.5 Å². The number of hydrogen-bond donors (Lipinski definition) is 2. The SMILES string of the molecule is Cc1ccc2[nH]c3nc(N/N=C4\CCc5cccnc54)nnc3c2c1. The number of pyridine rings is 1. The largest absolute Gasteiger partial charge is 0.338 e. The van der Waals surface area contributed by atoms with Crippen LogP contribution in [-0.4, -0.2) is 30.9 Å². The van der Waals surface area contributed by atoms with Gasteiger partial charge in [-0.15, -0.1) is 10.2 Å². The van der Waals surface area contributed by atoms with Crippen LogP contribution >= 0.6 is 0 Å². The highest BCUT2D eigenvalue weighted by Crippen LogP contribution is 2.24. The molecular formula is C18H15N7. The number of benzene rings is 1. The summed E-state index contributed by atoms with van der Waals surface area (Å²) < 4.78 is 0. The number of aryl methyl sites for hydroxylation is 2. The molecule has 0 fully saturated rings. The second-order valence-corrected chi connectivity index (χ2v) is 6.19. The maximum Gasteiger partial charge on any atom is 0.265 e. The summed E-state index contributed by atoms with van der Waals surface area (Å²) >= 11 is 0. The number of rotatable bonds is 2. The Bertz CT molecular complexity index is 1140. The first-order valence-corrected chi connectivity index (χ1v) is 8.17. The third-order valence-electron chi connectivity index (χ3n) is 4.46. The lowest BCUT2D eigenvalue weighted by Gasteiger charge is -2.00. The van der Waals surface area contributed by atoms with Crippen molar-refractivity contribution in [3.05, 3.63) is 53.3 Å². The number of hydrazone groups is 1. The molecule has 25 heavy (non-hydrogen) atoms. The van der Waals surface area contributed by atoms with Gasteiger partial charge in [-0.3, -0.25) is 4.98 Å². The summed E-state index contributed by atoms with van der Waals surface area (Å²) in [6.07, 6.45) is 3.61. The van der Waals surface area contributed by atoms with Crippen LogP contribution in [0.1, 0.15) is 23.2 Å². The molecule has 0 spiro atoms. The number of nitrogens with one attached hydrogen (secondary N) is 2. The number of H-pyrrole nitrogens is 1. The van der Waals surface area contributed by atoms with Crippen LogP contribution < -0.4 is 5.43 Å². The van der Waals surface area contributed by atoms with E-state index in [9.17, 15) is 0 Å². The van der Waals surface area contributed by atoms with Crippen molar-refractivity contribution >= 4 is 33.7 Å². The van der Waals surface area contributed by atoms with E-state index >= 15 is 0 Å². The van der Waals surface area contributed by atoms with Crippen molar-refractivity contribution in [2.24, 2.45) is 5.10 Å². The minimum Gasteiger partial charge on any atom is -0.338 e. The van der Waals surface area contributed by atoms with Crippen LogP contribution in [0.25, 0.3) is 22.1 Å². The average Bonchev–Trinajstić information content (AvgIpc) is 3.20. The molecule has 7 heteroatoms. The van der Waals surface area contributed by atoms with Crippen molar-refractivity contribution < 1.29 is 0 Å². The molecule has 0 saturated carbocycles. The number of hydrogen-bond acceptors (Lipinski definition) is 6. The molecule has 0 bridgehead atoms. The van der Waals surface area contributed by atoms with Crippen LogP contribution in [0.2, 0.25) is 0 Å². The monoisotopic (exact) mass is 329 g/mol. The lowest BCUT2D eigenvalue weighted by Crippen LogP contribution is -2.04. The molecule has 3 heterocycles. The Morgan fingerprint density at radius 3 is 3.08 bits per heavy atom. The maximum absolute atomic E-state index is 4.49. The van der Waals surface area contributed by atoms with E-state index in [4.69, 9.17) is 0 Å². The van der Waals surface area contributed by atoms with Crippen LogP contribution in [-0.2, 0) is 6.42 Å². The quantitative estimate of drug-likeness (QED) is 0.552. The Balaban J connectivity index is 1.50. The Morgan fingerprint density at radius 1 is 1.16 bits per heavy atom. The molecule has 1 aliphatic rings. The third kappa shape index (κ3) is 2.32. The van der Waals surface area contributed by atoms with Gasteiger partial charge < -0.3 is 4.98 Å². The van der Waals surface area contributed by atoms with E-state index in [1.165, 1.54) is 11.1 Å². The van der Waals surface area contributed by atoms with Crippen molar-refractivity contribution in [2.75, 3.05) is 5.43 Å². The third-order valence-corrected chi connectivity index (χ3v) is 4.46. The van der Waals surface area contributed by atoms with Gasteiger partial charge in [-0.1, -0.05) is 17.7 Å². The van der Waals surface area contributed by atoms with E-state index in [1.807, 2.05) is 12.1 Å². The van der Waals surface area contributed by atoms with E-state index in [2.05, 4.69) is 60.8 Å². The van der Waals surface area contributed by atoms with E-state index in [-0.39, 0.29) is 0 Å². The van der Waals surface area contributed by atoms with E-state index in [0.29, 0.717) is 11.6 Å². The van der Waals surface area contributed by atoms with Gasteiger partial charge in [-0.2, -0.15) is 10.1 Å². The van der Waals surface area contributed by atoms with Gasteiger partial charge in [0.15, 0.2) is 5.65 Å². The van der Waals surface area contributed by atoms with Crippen LogP contribution in [0, 0.1) is 6.92 Å². The summed E-state index contributed by atoms with van der Waals surface area (Å²) in [5.74, 6) is 0.368. The number of fused-ring (bicyclic) bond motifs is 4. The molecule has 0 unspecified atom stereocenters. The van der Waals surface area contributed by atoms with Crippen molar-refractivity contribution in [3.63, 3.8) is 0 Å². The molecule has 0 amide bonds. The van der Waals surface area contributed by atoms with Gasteiger partial charge in [0.1, 0.15) is 5.52 Å². The van der Waals surface area contributed by atoms with Gasteiger partial charge >= 0.3 is 0 Å². The standard InChI is InChI=1S/C18H15N7/c1-10-4-6-13-12(9-10)16-17(20-13)21-18(25-23-16)24-22-14-7-5-11-3-2-8-19-15(11)14/h2-4,6,8-9H,5,7H2,1H3,(H2,20,21,24,25)/b22-14+. The van der Waals surface area contributed by atoms with E-state index in [0.717, 1.165) is 40.7 Å². The first kappa shape index (κ1) is 14.0. The minimum atomic E-state index is 0.368. The molecule has 1 aliphatic carbocycles. The maximum atomic E-state index is 4.49. The predicted molar refractivity (Wildman–Crippen MR) is 96.6 cm³/mol. The highest BCUT2D eigenvalue weighted by Gasteiger charge is 2.18. The second kappa shape index (κ2) is 5.34. The Hall–Kier alpha value is -3.35. The lowest BCUT2D eigenvalue weighted by molar-refractivity contribution is 1.00. The summed E-state index contributed by atoms with van der Waals surface area (Å²) in [6, 6.07) is 10.2. The summed E-state index contributed by atoms with van der Waals surface area (Å²) in [4.78, 5) is 12.2. The summed E-state index contributed by atoms with van der Waals surface area (Å²) in [7, 11) is 0. The summed E-state index contributed by atoms with van der Waals surface area (Å²) in [5.41, 5.74) is 9.66. The number of nitrogens with zero attached hydrogens (tertiary/aromatic N) is 5. The Labute approximate surface area is 143 Å². The molecule has 3 aromatic heterocycles. The van der Waals surface area contributed by atoms with E-state index < -0.39 is 0 Å². The van der Waals surface area contributed by atoms with Crippen molar-refractivity contribution in [3.8, 4) is 0 Å². The summed E-state index contributed by atoms with van der Waals surface area (Å²) in [5, 5.41) is 13.9. The molecule has 122 valence electrons. The van der Waals surface area contributed by atoms with Crippen LogP contribution in [0.5, 0.6) is 0 Å². The first-order valence-electron chi connectivity index (χ1n) is 8.17. The van der Waals surface area contributed by atoms with E-state index in [1.54, 1.807) is 6.20 Å². The zero-order chi connectivity index (χ0) is 16.8. The van der Waals surface area contributed by atoms with Crippen molar-refractivity contribution in [1.29, 1.82) is 0 Å². The minimum absolute atomic E-state index is 0.368. The zero-order valence-electron chi connectivity index (χ0n) is 13.6. The lowest BCUT2D eigenvalue weighted by atomic mass is 10.2. The topological polar surface area (TPSA) is 91.7 Å². The first-order chi connectivity index (χ1) is 12.3. The van der Waals surface area contributed by atoms with Gasteiger partial charge in [-0.25, -0.2) is 5.43 Å². The van der Waals surface area contributed by atoms with Gasteiger partial charge in [0.05, 0.1) is 11.4 Å². The summed E-state index contributed by atoms with van der Waals surface area (Å²) in [6.45, 7) is 2.05. The molecule has 1 aromatic carbocycles. The molecule has 0 atom stereocenters. The fourth-order valence-electron chi connectivity index (χ4n) is 3.23. The smallest absolute Gasteiger partial charge is 0.265 e. The average molecular weight is 329 g/mol. The molecule has 7 nitrogen and oxygen atoms in total. The Kier molecular flexibility index (Phi) is 3.00. The number of aromatic nitrogens is 5. The fraction of sp³-hybridized carbons (Fsp3) is 0.167. The van der Waals surface area contributed by atoms with Crippen molar-refractivity contribution in [2.45, 2.75) is 19.8 Å². The van der Waals surface area contributed by atoms with Gasteiger partial charge in [0, 0.05) is 17.1 Å². The van der Waals surface area contributed by atoms with Crippen LogP contribution in [0.4, 0.5) is 5.95 Å². The molecule has 0 saturated heterocycles. The highest BCUT2D eigenvalue weighted by atomic mass is 15.4. The molecule has 0 radical (unpaired) electrons. The fourth-order valence-corrected chi connectivity index (χ4v) is 3.23. The number of anilines is 1. The van der Waals surface area contributed by atoms with Gasteiger partial charge in [0.2, 0.25) is 0 Å². The van der Waals surface area contributed by atoms with Gasteiger partial charge in [0.25, 0.3) is 5.95 Å².